The molecule has 88 valence electrons. The van der Waals surface area contributed by atoms with Gasteiger partial charge in [-0.15, -0.1) is 0 Å². The minimum atomic E-state index is 0.0545. The second-order valence-electron chi connectivity index (χ2n) is 4.58. The van der Waals surface area contributed by atoms with Gasteiger partial charge in [0.25, 0.3) is 0 Å². The van der Waals surface area contributed by atoms with Gasteiger partial charge < -0.3 is 16.0 Å². The minimum absolute atomic E-state index is 0.0545. The maximum Gasteiger partial charge on any atom is 0.317 e. The van der Waals surface area contributed by atoms with Crippen LogP contribution in [0.15, 0.2) is 0 Å². The van der Waals surface area contributed by atoms with Crippen molar-refractivity contribution in [2.24, 2.45) is 11.7 Å². The minimum Gasteiger partial charge on any atom is -0.334 e. The van der Waals surface area contributed by atoms with E-state index < -0.39 is 0 Å². The molecule has 2 amide bonds. The molecule has 1 atom stereocenters. The van der Waals surface area contributed by atoms with Crippen molar-refractivity contribution < 1.29 is 4.79 Å². The molecule has 0 aliphatic carbocycles. The molecule has 0 aromatic rings. The largest absolute Gasteiger partial charge is 0.334 e. The molecule has 1 aliphatic rings. The summed E-state index contributed by atoms with van der Waals surface area (Å²) in [7, 11) is 0. The van der Waals surface area contributed by atoms with Gasteiger partial charge in [-0.3, -0.25) is 0 Å². The summed E-state index contributed by atoms with van der Waals surface area (Å²) in [5.41, 5.74) is 5.62. The second-order valence-corrected chi connectivity index (χ2v) is 4.58. The number of urea groups is 1. The fourth-order valence-corrected chi connectivity index (χ4v) is 1.84. The first-order chi connectivity index (χ1) is 7.15. The van der Waals surface area contributed by atoms with Crippen LogP contribution in [-0.4, -0.2) is 36.6 Å². The lowest BCUT2D eigenvalue weighted by atomic mass is 10.1. The molecule has 15 heavy (non-hydrogen) atoms. The van der Waals surface area contributed by atoms with Crippen LogP contribution >= 0.6 is 0 Å². The highest BCUT2D eigenvalue weighted by Gasteiger charge is 2.20. The lowest BCUT2D eigenvalue weighted by Gasteiger charge is -2.30. The van der Waals surface area contributed by atoms with Gasteiger partial charge in [-0.2, -0.15) is 0 Å². The van der Waals surface area contributed by atoms with E-state index in [9.17, 15) is 4.79 Å². The topological polar surface area (TPSA) is 58.4 Å². The van der Waals surface area contributed by atoms with Gasteiger partial charge in [-0.25, -0.2) is 4.79 Å². The Labute approximate surface area is 92.2 Å². The number of amides is 2. The van der Waals surface area contributed by atoms with Crippen LogP contribution < -0.4 is 11.1 Å². The molecule has 1 aliphatic heterocycles. The van der Waals surface area contributed by atoms with Gasteiger partial charge in [0.15, 0.2) is 0 Å². The number of nitrogens with two attached hydrogens (primary N) is 1. The summed E-state index contributed by atoms with van der Waals surface area (Å²) in [5, 5.41) is 3.00. The molecule has 1 fully saturated rings. The van der Waals surface area contributed by atoms with Crippen LogP contribution in [0, 0.1) is 5.92 Å². The molecule has 0 radical (unpaired) electrons. The summed E-state index contributed by atoms with van der Waals surface area (Å²) < 4.78 is 0. The normalized spacial score (nSPS) is 19.1. The van der Waals surface area contributed by atoms with Crippen molar-refractivity contribution in [1.82, 2.24) is 10.2 Å². The summed E-state index contributed by atoms with van der Waals surface area (Å²) in [4.78, 5) is 13.7. The maximum absolute atomic E-state index is 11.8. The SMILES string of the molecule is CC(C)C(CN)NC(=O)N1CCCCC1. The van der Waals surface area contributed by atoms with E-state index in [0.717, 1.165) is 25.9 Å². The van der Waals surface area contributed by atoms with E-state index in [2.05, 4.69) is 19.2 Å². The van der Waals surface area contributed by atoms with Crippen molar-refractivity contribution in [2.45, 2.75) is 39.2 Å². The number of hydrogen-bond donors (Lipinski definition) is 2. The molecule has 0 aromatic heterocycles. The molecular weight excluding hydrogens is 190 g/mol. The molecule has 4 heteroatoms. The Morgan fingerprint density at radius 3 is 2.40 bits per heavy atom. The molecule has 4 nitrogen and oxygen atoms in total. The summed E-state index contributed by atoms with van der Waals surface area (Å²) in [6, 6.07) is 0.151. The number of carbonyl (C=O) groups is 1. The van der Waals surface area contributed by atoms with E-state index in [0.29, 0.717) is 12.5 Å². The predicted molar refractivity (Wildman–Crippen MR) is 61.6 cm³/mol. The zero-order chi connectivity index (χ0) is 11.3. The van der Waals surface area contributed by atoms with E-state index in [1.165, 1.54) is 6.42 Å². The molecular formula is C11H23N3O. The zero-order valence-corrected chi connectivity index (χ0v) is 9.83. The Morgan fingerprint density at radius 1 is 1.33 bits per heavy atom. The molecule has 1 saturated heterocycles. The van der Waals surface area contributed by atoms with Crippen LogP contribution in [0.25, 0.3) is 0 Å². The fraction of sp³-hybridized carbons (Fsp3) is 0.909. The average Bonchev–Trinajstić information content (AvgIpc) is 2.26. The predicted octanol–water partition coefficient (Wildman–Crippen LogP) is 1.17. The summed E-state index contributed by atoms with van der Waals surface area (Å²) in [5.74, 6) is 0.392. The smallest absolute Gasteiger partial charge is 0.317 e. The molecule has 1 heterocycles. The quantitative estimate of drug-likeness (QED) is 0.739. The van der Waals surface area contributed by atoms with E-state index in [-0.39, 0.29) is 12.1 Å². The zero-order valence-electron chi connectivity index (χ0n) is 9.83. The van der Waals surface area contributed by atoms with Gasteiger partial charge in [0.05, 0.1) is 0 Å². The van der Waals surface area contributed by atoms with Crippen LogP contribution in [0.1, 0.15) is 33.1 Å². The van der Waals surface area contributed by atoms with Crippen LogP contribution in [-0.2, 0) is 0 Å². The summed E-state index contributed by atoms with van der Waals surface area (Å²) in [6.45, 7) is 6.45. The highest BCUT2D eigenvalue weighted by molar-refractivity contribution is 5.74. The summed E-state index contributed by atoms with van der Waals surface area (Å²) in [6.07, 6.45) is 3.50. The highest BCUT2D eigenvalue weighted by atomic mass is 16.2. The third-order valence-electron chi connectivity index (χ3n) is 3.01. The molecule has 3 N–H and O–H groups in total. The number of nitrogens with one attached hydrogen (secondary N) is 1. The number of hydrogen-bond acceptors (Lipinski definition) is 2. The van der Waals surface area contributed by atoms with E-state index in [1.54, 1.807) is 0 Å². The van der Waals surface area contributed by atoms with Crippen LogP contribution in [0.2, 0.25) is 0 Å². The van der Waals surface area contributed by atoms with Gasteiger partial charge in [0.1, 0.15) is 0 Å². The Kier molecular flexibility index (Phi) is 4.88. The van der Waals surface area contributed by atoms with Gasteiger partial charge in [-0.05, 0) is 25.2 Å². The van der Waals surface area contributed by atoms with E-state index >= 15 is 0 Å². The molecule has 0 bridgehead atoms. The monoisotopic (exact) mass is 213 g/mol. The Balaban J connectivity index is 2.38. The number of carbonyl (C=O) groups excluding carboxylic acids is 1. The third-order valence-corrected chi connectivity index (χ3v) is 3.01. The molecule has 0 saturated carbocycles. The van der Waals surface area contributed by atoms with Crippen LogP contribution in [0.4, 0.5) is 4.79 Å². The van der Waals surface area contributed by atoms with Gasteiger partial charge in [0, 0.05) is 25.7 Å². The fourth-order valence-electron chi connectivity index (χ4n) is 1.84. The number of rotatable bonds is 3. The lowest BCUT2D eigenvalue weighted by Crippen LogP contribution is -2.50. The van der Waals surface area contributed by atoms with Crippen molar-refractivity contribution in [3.63, 3.8) is 0 Å². The van der Waals surface area contributed by atoms with Crippen molar-refractivity contribution >= 4 is 6.03 Å². The van der Waals surface area contributed by atoms with E-state index in [4.69, 9.17) is 5.73 Å². The Hall–Kier alpha value is -0.770. The van der Waals surface area contributed by atoms with Crippen molar-refractivity contribution in [3.05, 3.63) is 0 Å². The lowest BCUT2D eigenvalue weighted by molar-refractivity contribution is 0.179. The van der Waals surface area contributed by atoms with Crippen LogP contribution in [0.5, 0.6) is 0 Å². The molecule has 0 aromatic carbocycles. The van der Waals surface area contributed by atoms with Crippen molar-refractivity contribution in [3.8, 4) is 0 Å². The third kappa shape index (κ3) is 3.70. The van der Waals surface area contributed by atoms with Crippen molar-refractivity contribution in [2.75, 3.05) is 19.6 Å². The van der Waals surface area contributed by atoms with Gasteiger partial charge in [0.2, 0.25) is 0 Å². The van der Waals surface area contributed by atoms with Crippen molar-refractivity contribution in [1.29, 1.82) is 0 Å². The first-order valence-corrected chi connectivity index (χ1v) is 5.90. The van der Waals surface area contributed by atoms with Gasteiger partial charge in [-0.1, -0.05) is 13.8 Å². The average molecular weight is 213 g/mol. The standard InChI is InChI=1S/C11H23N3O/c1-9(2)10(8-12)13-11(15)14-6-4-3-5-7-14/h9-10H,3-8,12H2,1-2H3,(H,13,15). The van der Waals surface area contributed by atoms with E-state index in [1.807, 2.05) is 4.90 Å². The molecule has 1 rings (SSSR count). The number of likely N-dealkylation sites (tertiary alicyclic amines) is 1. The maximum atomic E-state index is 11.8. The molecule has 1 unspecified atom stereocenters. The Bertz CT molecular complexity index is 200. The first kappa shape index (κ1) is 12.3. The number of nitrogens with zero attached hydrogens (tertiary/aromatic N) is 1. The number of piperidine rings is 1. The molecule has 0 spiro atoms. The second kappa shape index (κ2) is 5.95. The van der Waals surface area contributed by atoms with Crippen LogP contribution in [0.3, 0.4) is 0 Å². The van der Waals surface area contributed by atoms with Gasteiger partial charge >= 0.3 is 6.03 Å². The first-order valence-electron chi connectivity index (χ1n) is 5.90. The highest BCUT2D eigenvalue weighted by Crippen LogP contribution is 2.09. The Morgan fingerprint density at radius 2 is 1.93 bits per heavy atom. The summed E-state index contributed by atoms with van der Waals surface area (Å²) >= 11 is 0.